The first-order valence-corrected chi connectivity index (χ1v) is 6.37. The predicted molar refractivity (Wildman–Crippen MR) is 72.5 cm³/mol. The lowest BCUT2D eigenvalue weighted by Crippen LogP contribution is -2.12. The van der Waals surface area contributed by atoms with Crippen molar-refractivity contribution in [2.24, 2.45) is 5.73 Å². The van der Waals surface area contributed by atoms with Crippen LogP contribution >= 0.6 is 11.3 Å². The van der Waals surface area contributed by atoms with Crippen LogP contribution in [0.3, 0.4) is 0 Å². The Morgan fingerprint density at radius 2 is 2.35 bits per heavy atom. The molecule has 2 aromatic rings. The van der Waals surface area contributed by atoms with E-state index in [1.807, 2.05) is 0 Å². The average Bonchev–Trinajstić information content (AvgIpc) is 2.76. The summed E-state index contributed by atoms with van der Waals surface area (Å²) >= 11 is 1.32. The molecule has 20 heavy (non-hydrogen) atoms. The van der Waals surface area contributed by atoms with E-state index in [0.29, 0.717) is 10.6 Å². The minimum atomic E-state index is -0.869. The van der Waals surface area contributed by atoms with E-state index < -0.39 is 11.9 Å². The Hall–Kier alpha value is -2.46. The van der Waals surface area contributed by atoms with Crippen molar-refractivity contribution in [3.05, 3.63) is 34.8 Å². The van der Waals surface area contributed by atoms with Gasteiger partial charge in [-0.3, -0.25) is 4.98 Å². The first kappa shape index (κ1) is 14.0. The second kappa shape index (κ2) is 6.12. The molecule has 0 saturated heterocycles. The van der Waals surface area contributed by atoms with Crippen LogP contribution in [-0.2, 0) is 4.74 Å². The van der Waals surface area contributed by atoms with Gasteiger partial charge >= 0.3 is 6.09 Å². The number of nitrogens with zero attached hydrogens (tertiary/aromatic N) is 2. The smallest absolute Gasteiger partial charge is 0.405 e. The van der Waals surface area contributed by atoms with Gasteiger partial charge in [-0.05, 0) is 13.0 Å². The number of carbonyl (C=O) groups is 1. The highest BCUT2D eigenvalue weighted by Gasteiger charge is 2.08. The van der Waals surface area contributed by atoms with Gasteiger partial charge in [0.25, 0.3) is 0 Å². The van der Waals surface area contributed by atoms with Gasteiger partial charge in [-0.1, -0.05) is 11.8 Å². The van der Waals surface area contributed by atoms with Crippen molar-refractivity contribution >= 4 is 17.4 Å². The third-order valence-corrected chi connectivity index (χ3v) is 3.36. The number of pyridine rings is 1. The number of halogens is 1. The molecule has 0 aliphatic rings. The number of hydrogen-bond acceptors (Lipinski definition) is 5. The number of aromatic nitrogens is 2. The lowest BCUT2D eigenvalue weighted by molar-refractivity contribution is 0.171. The highest BCUT2D eigenvalue weighted by Crippen LogP contribution is 2.27. The van der Waals surface area contributed by atoms with Crippen molar-refractivity contribution in [1.29, 1.82) is 0 Å². The summed E-state index contributed by atoms with van der Waals surface area (Å²) in [5.74, 6) is 5.07. The van der Waals surface area contributed by atoms with Gasteiger partial charge in [0, 0.05) is 11.8 Å². The number of rotatable bonds is 2. The summed E-state index contributed by atoms with van der Waals surface area (Å²) in [5, 5.41) is 0.634. The Labute approximate surface area is 118 Å². The van der Waals surface area contributed by atoms with Gasteiger partial charge in [-0.25, -0.2) is 14.2 Å². The molecule has 0 bridgehead atoms. The maximum atomic E-state index is 13.1. The van der Waals surface area contributed by atoms with Crippen molar-refractivity contribution in [2.45, 2.75) is 6.92 Å². The molecule has 2 heterocycles. The molecule has 0 spiro atoms. The summed E-state index contributed by atoms with van der Waals surface area (Å²) in [4.78, 5) is 19.2. The lowest BCUT2D eigenvalue weighted by atomic mass is 10.3. The van der Waals surface area contributed by atoms with Crippen LogP contribution in [0.2, 0.25) is 0 Å². The first-order valence-electron chi connectivity index (χ1n) is 5.55. The van der Waals surface area contributed by atoms with Gasteiger partial charge in [0.1, 0.15) is 15.7 Å². The second-order valence-corrected chi connectivity index (χ2v) is 4.73. The maximum absolute atomic E-state index is 13.1. The third-order valence-electron chi connectivity index (χ3n) is 2.24. The summed E-state index contributed by atoms with van der Waals surface area (Å²) in [6.45, 7) is 1.72. The zero-order valence-corrected chi connectivity index (χ0v) is 11.3. The topological polar surface area (TPSA) is 78.1 Å². The normalized spacial score (nSPS) is 9.70. The summed E-state index contributed by atoms with van der Waals surface area (Å²) in [7, 11) is 0. The highest BCUT2D eigenvalue weighted by atomic mass is 32.1. The van der Waals surface area contributed by atoms with Gasteiger partial charge in [0.05, 0.1) is 11.9 Å². The molecule has 0 radical (unpaired) electrons. The number of thiazole rings is 1. The minimum absolute atomic E-state index is 0.0798. The summed E-state index contributed by atoms with van der Waals surface area (Å²) in [6.07, 6.45) is 1.80. The fourth-order valence-electron chi connectivity index (χ4n) is 1.39. The monoisotopic (exact) mass is 291 g/mol. The molecule has 5 nitrogen and oxygen atoms in total. The largest absolute Gasteiger partial charge is 0.437 e. The lowest BCUT2D eigenvalue weighted by Gasteiger charge is -1.93. The Bertz CT molecular complexity index is 703. The summed E-state index contributed by atoms with van der Waals surface area (Å²) in [5.41, 5.74) is 6.13. The number of primary amides is 1. The van der Waals surface area contributed by atoms with Crippen molar-refractivity contribution in [2.75, 3.05) is 6.61 Å². The van der Waals surface area contributed by atoms with Crippen LogP contribution < -0.4 is 5.73 Å². The molecule has 0 atom stereocenters. The van der Waals surface area contributed by atoms with Gasteiger partial charge in [-0.2, -0.15) is 0 Å². The summed E-state index contributed by atoms with van der Waals surface area (Å²) < 4.78 is 17.6. The van der Waals surface area contributed by atoms with Gasteiger partial charge in [-0.15, -0.1) is 11.3 Å². The number of aryl methyl sites for hydroxylation is 1. The molecule has 0 unspecified atom stereocenters. The number of ether oxygens (including phenoxy) is 1. The predicted octanol–water partition coefficient (Wildman–Crippen LogP) is 2.10. The van der Waals surface area contributed by atoms with Crippen LogP contribution in [0.1, 0.15) is 10.6 Å². The molecule has 7 heteroatoms. The summed E-state index contributed by atoms with van der Waals surface area (Å²) in [6, 6.07) is 1.36. The molecular formula is C13H10FN3O2S. The molecule has 1 amide bonds. The van der Waals surface area contributed by atoms with Gasteiger partial charge < -0.3 is 10.5 Å². The van der Waals surface area contributed by atoms with Crippen LogP contribution in [0, 0.1) is 24.6 Å². The molecule has 2 rings (SSSR count). The van der Waals surface area contributed by atoms with Crippen molar-refractivity contribution in [3.8, 4) is 22.4 Å². The Kier molecular flexibility index (Phi) is 4.27. The fourth-order valence-corrected chi connectivity index (χ4v) is 2.31. The first-order chi connectivity index (χ1) is 9.56. The van der Waals surface area contributed by atoms with Crippen molar-refractivity contribution in [3.63, 3.8) is 0 Å². The molecule has 0 aliphatic carbocycles. The minimum Gasteiger partial charge on any atom is -0.437 e. The van der Waals surface area contributed by atoms with Crippen LogP contribution in [0.5, 0.6) is 0 Å². The molecule has 0 aliphatic heterocycles. The van der Waals surface area contributed by atoms with E-state index >= 15 is 0 Å². The Morgan fingerprint density at radius 1 is 1.55 bits per heavy atom. The number of nitrogens with two attached hydrogens (primary N) is 1. The second-order valence-electron chi connectivity index (χ2n) is 3.73. The molecular weight excluding hydrogens is 281 g/mol. The zero-order valence-electron chi connectivity index (χ0n) is 10.5. The molecule has 0 aromatic carbocycles. The van der Waals surface area contributed by atoms with E-state index in [1.165, 1.54) is 23.6 Å². The molecule has 102 valence electrons. The van der Waals surface area contributed by atoms with E-state index in [9.17, 15) is 9.18 Å². The number of carbonyl (C=O) groups excluding carboxylic acids is 1. The van der Waals surface area contributed by atoms with Crippen LogP contribution in [-0.4, -0.2) is 22.7 Å². The van der Waals surface area contributed by atoms with Crippen LogP contribution in [0.15, 0.2) is 18.5 Å². The quantitative estimate of drug-likeness (QED) is 0.859. The fraction of sp³-hybridized carbons (Fsp3) is 0.154. The van der Waals surface area contributed by atoms with E-state index in [4.69, 9.17) is 5.73 Å². The standard InChI is InChI=1S/C13H10FN3O2S/c1-8-11(3-2-4-19-13(15)18)20-12(17-8)9-5-10(14)7-16-6-9/h5-7H,4H2,1H3,(H2,15,18). The van der Waals surface area contributed by atoms with Crippen LogP contribution in [0.25, 0.3) is 10.6 Å². The van der Waals surface area contributed by atoms with Gasteiger partial charge in [0.2, 0.25) is 0 Å². The zero-order chi connectivity index (χ0) is 14.5. The maximum Gasteiger partial charge on any atom is 0.405 e. The third kappa shape index (κ3) is 3.52. The van der Waals surface area contributed by atoms with E-state index in [0.717, 1.165) is 16.8 Å². The molecule has 0 saturated carbocycles. The number of hydrogen-bond donors (Lipinski definition) is 1. The molecule has 2 N–H and O–H groups in total. The van der Waals surface area contributed by atoms with E-state index in [1.54, 1.807) is 6.92 Å². The Morgan fingerprint density at radius 3 is 3.05 bits per heavy atom. The SMILES string of the molecule is Cc1nc(-c2cncc(F)c2)sc1C#CCOC(N)=O. The van der Waals surface area contributed by atoms with E-state index in [-0.39, 0.29) is 6.61 Å². The molecule has 0 fully saturated rings. The van der Waals surface area contributed by atoms with Crippen molar-refractivity contribution < 1.29 is 13.9 Å². The molecule has 2 aromatic heterocycles. The average molecular weight is 291 g/mol. The Balaban J connectivity index is 2.19. The van der Waals surface area contributed by atoms with Gasteiger partial charge in [0.15, 0.2) is 6.61 Å². The highest BCUT2D eigenvalue weighted by molar-refractivity contribution is 7.15. The number of amides is 1. The van der Waals surface area contributed by atoms with Crippen LogP contribution in [0.4, 0.5) is 9.18 Å². The van der Waals surface area contributed by atoms with Crippen molar-refractivity contribution in [1.82, 2.24) is 9.97 Å². The van der Waals surface area contributed by atoms with E-state index in [2.05, 4.69) is 26.5 Å².